The van der Waals surface area contributed by atoms with E-state index in [1.54, 1.807) is 0 Å². The van der Waals surface area contributed by atoms with E-state index in [1.807, 2.05) is 0 Å². The van der Waals surface area contributed by atoms with Gasteiger partial charge in [0.2, 0.25) is 0 Å². The van der Waals surface area contributed by atoms with Crippen molar-refractivity contribution in [2.24, 2.45) is 23.0 Å². The highest BCUT2D eigenvalue weighted by atomic mass is 32.2. The molecule has 0 aromatic rings. The van der Waals surface area contributed by atoms with Crippen LogP contribution in [-0.2, 0) is 0 Å². The molecule has 17 heavy (non-hydrogen) atoms. The van der Waals surface area contributed by atoms with Gasteiger partial charge in [0, 0.05) is 10.5 Å². The van der Waals surface area contributed by atoms with Gasteiger partial charge in [-0.25, -0.2) is 0 Å². The van der Waals surface area contributed by atoms with Crippen molar-refractivity contribution < 1.29 is 0 Å². The summed E-state index contributed by atoms with van der Waals surface area (Å²) in [6.07, 6.45) is 5.37. The van der Waals surface area contributed by atoms with Crippen LogP contribution in [0.4, 0.5) is 0 Å². The fourth-order valence-electron chi connectivity index (χ4n) is 2.81. The summed E-state index contributed by atoms with van der Waals surface area (Å²) in [5, 5.41) is 1.58. The zero-order valence-electron chi connectivity index (χ0n) is 12.3. The summed E-state index contributed by atoms with van der Waals surface area (Å²) < 4.78 is 0. The van der Waals surface area contributed by atoms with Crippen LogP contribution in [0, 0.1) is 17.3 Å². The average Bonchev–Trinajstić information content (AvgIpc) is 2.27. The maximum absolute atomic E-state index is 5.95. The van der Waals surface area contributed by atoms with Crippen molar-refractivity contribution >= 4 is 11.8 Å². The summed E-state index contributed by atoms with van der Waals surface area (Å²) in [7, 11) is 0. The van der Waals surface area contributed by atoms with Crippen LogP contribution in [0.2, 0.25) is 0 Å². The van der Waals surface area contributed by atoms with Crippen LogP contribution >= 0.6 is 11.8 Å². The molecule has 0 aromatic heterocycles. The largest absolute Gasteiger partial charge is 0.330 e. The molecule has 1 rings (SSSR count). The van der Waals surface area contributed by atoms with Gasteiger partial charge in [0.15, 0.2) is 0 Å². The molecule has 1 aliphatic carbocycles. The van der Waals surface area contributed by atoms with Gasteiger partial charge in [0.1, 0.15) is 0 Å². The molecule has 1 saturated carbocycles. The van der Waals surface area contributed by atoms with Crippen LogP contribution in [0.1, 0.15) is 60.3 Å². The molecule has 4 unspecified atom stereocenters. The highest BCUT2D eigenvalue weighted by Gasteiger charge is 2.35. The van der Waals surface area contributed by atoms with Gasteiger partial charge in [-0.2, -0.15) is 11.8 Å². The second-order valence-corrected chi connectivity index (χ2v) is 8.45. The Kier molecular flexibility index (Phi) is 5.85. The quantitative estimate of drug-likeness (QED) is 0.812. The zero-order chi connectivity index (χ0) is 13.1. The Balaban J connectivity index is 2.62. The number of hydrogen-bond donors (Lipinski definition) is 1. The predicted octanol–water partition coefficient (Wildman–Crippen LogP) is 4.31. The van der Waals surface area contributed by atoms with Crippen molar-refractivity contribution in [1.82, 2.24) is 0 Å². The summed E-state index contributed by atoms with van der Waals surface area (Å²) in [4.78, 5) is 0. The molecular formula is C15H31NS. The number of thioether (sulfide) groups is 1. The summed E-state index contributed by atoms with van der Waals surface area (Å²) in [6.45, 7) is 12.7. The Bertz CT molecular complexity index is 221. The predicted molar refractivity (Wildman–Crippen MR) is 80.5 cm³/mol. The van der Waals surface area contributed by atoms with Crippen LogP contribution < -0.4 is 5.73 Å². The fourth-order valence-corrected chi connectivity index (χ4v) is 4.41. The Morgan fingerprint density at radius 2 is 1.94 bits per heavy atom. The lowest BCUT2D eigenvalue weighted by molar-refractivity contribution is 0.157. The topological polar surface area (TPSA) is 26.0 Å². The van der Waals surface area contributed by atoms with Gasteiger partial charge in [0.25, 0.3) is 0 Å². The van der Waals surface area contributed by atoms with E-state index in [1.165, 1.54) is 25.7 Å². The summed E-state index contributed by atoms with van der Waals surface area (Å²) in [6, 6.07) is 0. The fraction of sp³-hybridized carbons (Fsp3) is 1.00. The maximum atomic E-state index is 5.95. The van der Waals surface area contributed by atoms with Crippen LogP contribution in [0.25, 0.3) is 0 Å². The molecule has 1 fully saturated rings. The van der Waals surface area contributed by atoms with E-state index in [0.717, 1.165) is 28.9 Å². The molecule has 0 heterocycles. The first-order chi connectivity index (χ1) is 7.88. The van der Waals surface area contributed by atoms with Gasteiger partial charge < -0.3 is 5.73 Å². The number of hydrogen-bond acceptors (Lipinski definition) is 2. The molecule has 0 bridgehead atoms. The minimum atomic E-state index is 0.466. The van der Waals surface area contributed by atoms with E-state index in [2.05, 4.69) is 46.4 Å². The minimum absolute atomic E-state index is 0.466. The molecule has 1 aliphatic rings. The van der Waals surface area contributed by atoms with Crippen molar-refractivity contribution in [3.05, 3.63) is 0 Å². The molecule has 2 N–H and O–H groups in total. The smallest absolute Gasteiger partial charge is 0.00928 e. The summed E-state index contributed by atoms with van der Waals surface area (Å²) >= 11 is 2.19. The molecule has 1 nitrogen and oxygen atoms in total. The van der Waals surface area contributed by atoms with E-state index >= 15 is 0 Å². The monoisotopic (exact) mass is 257 g/mol. The lowest BCUT2D eigenvalue weighted by Gasteiger charge is -2.42. The van der Waals surface area contributed by atoms with Crippen molar-refractivity contribution in [3.8, 4) is 0 Å². The molecule has 102 valence electrons. The van der Waals surface area contributed by atoms with E-state index in [-0.39, 0.29) is 0 Å². The molecule has 0 saturated heterocycles. The van der Waals surface area contributed by atoms with Gasteiger partial charge in [0.05, 0.1) is 0 Å². The van der Waals surface area contributed by atoms with E-state index in [9.17, 15) is 0 Å². The first-order valence-corrected chi connectivity index (χ1v) is 8.18. The average molecular weight is 257 g/mol. The van der Waals surface area contributed by atoms with Crippen LogP contribution in [0.15, 0.2) is 0 Å². The van der Waals surface area contributed by atoms with Gasteiger partial charge in [-0.3, -0.25) is 0 Å². The standard InChI is InChI=1S/C15H31NS/c1-6-11(2)17-14-9-13(15(3,4)5)8-7-12(14)10-16/h11-14H,6-10,16H2,1-5H3. The zero-order valence-corrected chi connectivity index (χ0v) is 13.1. The molecule has 0 spiro atoms. The van der Waals surface area contributed by atoms with Crippen LogP contribution in [0.5, 0.6) is 0 Å². The first kappa shape index (κ1) is 15.4. The Morgan fingerprint density at radius 3 is 2.41 bits per heavy atom. The minimum Gasteiger partial charge on any atom is -0.330 e. The molecule has 0 aliphatic heterocycles. The van der Waals surface area contributed by atoms with E-state index < -0.39 is 0 Å². The molecule has 4 atom stereocenters. The number of nitrogens with two attached hydrogens (primary N) is 1. The second kappa shape index (κ2) is 6.47. The van der Waals surface area contributed by atoms with Crippen molar-refractivity contribution in [2.75, 3.05) is 6.54 Å². The van der Waals surface area contributed by atoms with Gasteiger partial charge in [-0.1, -0.05) is 34.6 Å². The lowest BCUT2D eigenvalue weighted by Crippen LogP contribution is -2.37. The third kappa shape index (κ3) is 4.48. The maximum Gasteiger partial charge on any atom is 0.00928 e. The SMILES string of the molecule is CCC(C)SC1CC(C(C)(C)C)CCC1CN. The summed E-state index contributed by atoms with van der Waals surface area (Å²) in [5.74, 6) is 1.64. The van der Waals surface area contributed by atoms with Gasteiger partial charge in [-0.15, -0.1) is 0 Å². The third-order valence-electron chi connectivity index (χ3n) is 4.44. The van der Waals surface area contributed by atoms with Gasteiger partial charge in [-0.05, 0) is 49.5 Å². The van der Waals surface area contributed by atoms with E-state index in [4.69, 9.17) is 5.73 Å². The molecule has 0 aromatic carbocycles. The van der Waals surface area contributed by atoms with Crippen LogP contribution in [-0.4, -0.2) is 17.0 Å². The first-order valence-electron chi connectivity index (χ1n) is 7.24. The highest BCUT2D eigenvalue weighted by Crippen LogP contribution is 2.44. The third-order valence-corrected chi connectivity index (χ3v) is 6.16. The van der Waals surface area contributed by atoms with Crippen molar-refractivity contribution in [3.63, 3.8) is 0 Å². The molecule has 0 radical (unpaired) electrons. The molecule has 0 amide bonds. The Labute approximate surface area is 112 Å². The number of rotatable bonds is 4. The molecule has 2 heteroatoms. The second-order valence-electron chi connectivity index (χ2n) is 6.77. The lowest BCUT2D eigenvalue weighted by atomic mass is 9.69. The Morgan fingerprint density at radius 1 is 1.29 bits per heavy atom. The normalized spacial score (nSPS) is 32.5. The summed E-state index contributed by atoms with van der Waals surface area (Å²) in [5.41, 5.74) is 6.42. The highest BCUT2D eigenvalue weighted by molar-refractivity contribution is 8.00. The van der Waals surface area contributed by atoms with Gasteiger partial charge >= 0.3 is 0 Å². The molecular weight excluding hydrogens is 226 g/mol. The Hall–Kier alpha value is 0.310. The van der Waals surface area contributed by atoms with E-state index in [0.29, 0.717) is 5.41 Å². The van der Waals surface area contributed by atoms with Crippen molar-refractivity contribution in [2.45, 2.75) is 70.8 Å². The van der Waals surface area contributed by atoms with Crippen molar-refractivity contribution in [1.29, 1.82) is 0 Å². The van der Waals surface area contributed by atoms with Crippen LogP contribution in [0.3, 0.4) is 0 Å².